The fraction of sp³-hybridized carbons (Fsp3) is 0.421. The van der Waals surface area contributed by atoms with Crippen LogP contribution in [0.4, 0.5) is 0 Å². The predicted octanol–water partition coefficient (Wildman–Crippen LogP) is 1.27. The summed E-state index contributed by atoms with van der Waals surface area (Å²) in [6.45, 7) is 3.84. The monoisotopic (exact) mass is 353 g/mol. The molecule has 0 bridgehead atoms. The zero-order chi connectivity index (χ0) is 18.1. The summed E-state index contributed by atoms with van der Waals surface area (Å²) in [4.78, 5) is 26.2. The van der Waals surface area contributed by atoms with Crippen molar-refractivity contribution in [3.05, 3.63) is 42.1 Å². The Morgan fingerprint density at radius 2 is 1.62 bits per heavy atom. The number of carbonyl (C=O) groups excluding carboxylic acids is 2. The lowest BCUT2D eigenvalue weighted by molar-refractivity contribution is -0.160. The summed E-state index contributed by atoms with van der Waals surface area (Å²) in [5.41, 5.74) is 3.33. The smallest absolute Gasteiger partial charge is 0.244 e. The molecule has 2 aliphatic heterocycles. The Bertz CT molecular complexity index is 793. The number of nitrogens with zero attached hydrogens (tertiary/aromatic N) is 5. The van der Waals surface area contributed by atoms with Crippen molar-refractivity contribution in [3.8, 4) is 11.3 Å². The number of carbonyl (C=O) groups is 2. The van der Waals surface area contributed by atoms with E-state index < -0.39 is 0 Å². The fourth-order valence-corrected chi connectivity index (χ4v) is 3.71. The first kappa shape index (κ1) is 16.9. The van der Waals surface area contributed by atoms with Crippen molar-refractivity contribution in [2.45, 2.75) is 19.4 Å². The molecule has 7 nitrogen and oxygen atoms in total. The molecule has 2 aliphatic rings. The summed E-state index contributed by atoms with van der Waals surface area (Å²) in [6, 6.07) is 10.2. The van der Waals surface area contributed by atoms with Gasteiger partial charge in [0, 0.05) is 69.9 Å². The van der Waals surface area contributed by atoms with Gasteiger partial charge in [-0.1, -0.05) is 30.3 Å². The van der Waals surface area contributed by atoms with Gasteiger partial charge in [-0.05, 0) is 0 Å². The van der Waals surface area contributed by atoms with Crippen LogP contribution in [0.25, 0.3) is 11.3 Å². The maximum absolute atomic E-state index is 11.9. The first-order valence-corrected chi connectivity index (χ1v) is 9.03. The number of hydrogen-bond acceptors (Lipinski definition) is 5. The summed E-state index contributed by atoms with van der Waals surface area (Å²) in [5, 5.41) is 7.88. The number of benzene rings is 1. The zero-order valence-corrected chi connectivity index (χ0v) is 15.0. The normalized spacial score (nSPS) is 19.5. The average molecular weight is 353 g/mol. The summed E-state index contributed by atoms with van der Waals surface area (Å²) in [6.07, 6.45) is 2.76. The maximum Gasteiger partial charge on any atom is 0.244 e. The van der Waals surface area contributed by atoms with Crippen molar-refractivity contribution in [2.75, 3.05) is 26.2 Å². The molecule has 0 atom stereocenters. The Kier molecular flexibility index (Phi) is 4.57. The van der Waals surface area contributed by atoms with Gasteiger partial charge in [0.1, 0.15) is 0 Å². The van der Waals surface area contributed by atoms with Crippen molar-refractivity contribution in [2.24, 2.45) is 7.05 Å². The number of rotatable bonds is 4. The second kappa shape index (κ2) is 7.01. The Morgan fingerprint density at radius 1 is 0.962 bits per heavy atom. The van der Waals surface area contributed by atoms with E-state index in [1.807, 2.05) is 34.9 Å². The molecule has 0 saturated carbocycles. The minimum Gasteiger partial charge on any atom is -0.296 e. The third-order valence-electron chi connectivity index (χ3n) is 5.00. The number of hydrogen-bond donors (Lipinski definition) is 0. The average Bonchev–Trinajstić information content (AvgIpc) is 3.18. The van der Waals surface area contributed by atoms with Crippen molar-refractivity contribution in [3.63, 3.8) is 0 Å². The van der Waals surface area contributed by atoms with E-state index in [0.29, 0.717) is 25.9 Å². The van der Waals surface area contributed by atoms with Gasteiger partial charge in [0.05, 0.1) is 5.69 Å². The van der Waals surface area contributed by atoms with E-state index in [1.54, 1.807) is 0 Å². The van der Waals surface area contributed by atoms with Crippen LogP contribution in [0, 0.1) is 0 Å². The van der Waals surface area contributed by atoms with Crippen LogP contribution in [-0.2, 0) is 23.2 Å². The maximum atomic E-state index is 11.9. The van der Waals surface area contributed by atoms with Crippen molar-refractivity contribution < 1.29 is 9.59 Å². The molecule has 4 rings (SSSR count). The molecule has 0 radical (unpaired) electrons. The third-order valence-corrected chi connectivity index (χ3v) is 5.00. The highest BCUT2D eigenvalue weighted by atomic mass is 16.2. The van der Waals surface area contributed by atoms with Gasteiger partial charge in [0.25, 0.3) is 0 Å². The molecule has 1 aromatic heterocycles. The lowest BCUT2D eigenvalue weighted by Crippen LogP contribution is -2.55. The molecule has 3 heterocycles. The first-order valence-electron chi connectivity index (χ1n) is 9.03. The van der Waals surface area contributed by atoms with Crippen LogP contribution in [0.1, 0.15) is 18.4 Å². The van der Waals surface area contributed by atoms with Gasteiger partial charge in [0.15, 0.2) is 0 Å². The second-order valence-corrected chi connectivity index (χ2v) is 6.87. The van der Waals surface area contributed by atoms with E-state index in [1.165, 1.54) is 10.6 Å². The number of amides is 2. The molecule has 0 aliphatic carbocycles. The summed E-state index contributed by atoms with van der Waals surface area (Å²) in [7, 11) is 1.94. The quantitative estimate of drug-likeness (QED) is 0.775. The Hall–Kier alpha value is -2.51. The molecule has 1 aromatic carbocycles. The van der Waals surface area contributed by atoms with Gasteiger partial charge < -0.3 is 0 Å². The number of aromatic nitrogens is 2. The molecule has 2 saturated heterocycles. The van der Waals surface area contributed by atoms with Crippen LogP contribution in [0.5, 0.6) is 0 Å². The van der Waals surface area contributed by atoms with E-state index >= 15 is 0 Å². The molecule has 136 valence electrons. The third kappa shape index (κ3) is 3.27. The SMILES string of the molecule is Cn1cc(CN2CCN(N3C(=O)CCC3=O)CC2)c(-c2ccccc2)n1. The first-order chi connectivity index (χ1) is 12.6. The van der Waals surface area contributed by atoms with Gasteiger partial charge in [0.2, 0.25) is 11.8 Å². The number of aryl methyl sites for hydroxylation is 1. The summed E-state index contributed by atoms with van der Waals surface area (Å²) < 4.78 is 1.86. The highest BCUT2D eigenvalue weighted by molar-refractivity contribution is 6.01. The number of piperazine rings is 1. The highest BCUT2D eigenvalue weighted by Crippen LogP contribution is 2.24. The standard InChI is InChI=1S/C19H23N5O2/c1-21-13-16(19(20-21)15-5-3-2-4-6-15)14-22-9-11-23(12-10-22)24-17(25)7-8-18(24)26/h2-6,13H,7-12,14H2,1H3. The molecular formula is C19H23N5O2. The number of hydrazine groups is 1. The molecule has 7 heteroatoms. The van der Waals surface area contributed by atoms with Crippen LogP contribution in [0.2, 0.25) is 0 Å². The largest absolute Gasteiger partial charge is 0.296 e. The zero-order valence-electron chi connectivity index (χ0n) is 15.0. The number of imide groups is 1. The molecule has 0 N–H and O–H groups in total. The second-order valence-electron chi connectivity index (χ2n) is 6.87. The van der Waals surface area contributed by atoms with E-state index in [0.717, 1.165) is 30.9 Å². The highest BCUT2D eigenvalue weighted by Gasteiger charge is 2.35. The minimum absolute atomic E-state index is 0.0675. The van der Waals surface area contributed by atoms with Gasteiger partial charge in [-0.15, -0.1) is 0 Å². The Balaban J connectivity index is 1.42. The Labute approximate surface area is 152 Å². The van der Waals surface area contributed by atoms with Crippen LogP contribution in [0.3, 0.4) is 0 Å². The van der Waals surface area contributed by atoms with E-state index in [9.17, 15) is 9.59 Å². The van der Waals surface area contributed by atoms with E-state index in [2.05, 4.69) is 28.3 Å². The fourth-order valence-electron chi connectivity index (χ4n) is 3.71. The minimum atomic E-state index is -0.0675. The molecule has 2 amide bonds. The molecule has 0 unspecified atom stereocenters. The topological polar surface area (TPSA) is 61.7 Å². The summed E-state index contributed by atoms with van der Waals surface area (Å²) in [5.74, 6) is -0.135. The van der Waals surface area contributed by atoms with Gasteiger partial charge >= 0.3 is 0 Å². The van der Waals surface area contributed by atoms with Crippen molar-refractivity contribution >= 4 is 11.8 Å². The molecule has 2 aromatic rings. The Morgan fingerprint density at radius 3 is 2.27 bits per heavy atom. The van der Waals surface area contributed by atoms with Crippen LogP contribution >= 0.6 is 0 Å². The lowest BCUT2D eigenvalue weighted by atomic mass is 10.1. The van der Waals surface area contributed by atoms with E-state index in [-0.39, 0.29) is 11.8 Å². The van der Waals surface area contributed by atoms with Gasteiger partial charge in [-0.2, -0.15) is 5.10 Å². The molecule has 0 spiro atoms. The lowest BCUT2D eigenvalue weighted by Gasteiger charge is -2.38. The molecule has 26 heavy (non-hydrogen) atoms. The molecule has 2 fully saturated rings. The van der Waals surface area contributed by atoms with Crippen molar-refractivity contribution in [1.29, 1.82) is 0 Å². The van der Waals surface area contributed by atoms with Crippen LogP contribution < -0.4 is 0 Å². The van der Waals surface area contributed by atoms with Crippen LogP contribution in [-0.4, -0.2) is 62.7 Å². The molecular weight excluding hydrogens is 330 g/mol. The van der Waals surface area contributed by atoms with Gasteiger partial charge in [-0.25, -0.2) is 10.0 Å². The van der Waals surface area contributed by atoms with Crippen LogP contribution in [0.15, 0.2) is 36.5 Å². The van der Waals surface area contributed by atoms with Gasteiger partial charge in [-0.3, -0.25) is 19.2 Å². The predicted molar refractivity (Wildman–Crippen MR) is 96.6 cm³/mol. The summed E-state index contributed by atoms with van der Waals surface area (Å²) >= 11 is 0. The van der Waals surface area contributed by atoms with Crippen molar-refractivity contribution in [1.82, 2.24) is 24.7 Å². The van der Waals surface area contributed by atoms with E-state index in [4.69, 9.17) is 0 Å².